The summed E-state index contributed by atoms with van der Waals surface area (Å²) in [5, 5.41) is 12.4. The summed E-state index contributed by atoms with van der Waals surface area (Å²) in [6.07, 6.45) is 3.74. The molecule has 1 saturated heterocycles. The standard InChI is InChI=1S/C16H20N6O3S2/c1-10-14(26-9-17-10)16-20-19-15(25-16)12-6-4-5-7-22(12)27(23,24)13-8-18-21(3)11(13)2/h8-9,12H,4-7H2,1-3H3/t12-/m0/s1. The van der Waals surface area contributed by atoms with Crippen LogP contribution in [0.25, 0.3) is 10.8 Å². The van der Waals surface area contributed by atoms with Crippen LogP contribution in [-0.2, 0) is 17.1 Å². The molecule has 144 valence electrons. The van der Waals surface area contributed by atoms with E-state index in [9.17, 15) is 8.42 Å². The maximum atomic E-state index is 13.3. The van der Waals surface area contributed by atoms with Gasteiger partial charge in [-0.3, -0.25) is 4.68 Å². The van der Waals surface area contributed by atoms with Crippen molar-refractivity contribution in [1.29, 1.82) is 0 Å². The minimum absolute atomic E-state index is 0.218. The van der Waals surface area contributed by atoms with Gasteiger partial charge < -0.3 is 4.42 Å². The number of aromatic nitrogens is 5. The van der Waals surface area contributed by atoms with Gasteiger partial charge in [0, 0.05) is 13.6 Å². The molecule has 4 heterocycles. The lowest BCUT2D eigenvalue weighted by molar-refractivity contribution is 0.220. The van der Waals surface area contributed by atoms with Gasteiger partial charge in [0.1, 0.15) is 15.8 Å². The van der Waals surface area contributed by atoms with E-state index in [0.29, 0.717) is 30.4 Å². The molecule has 0 N–H and O–H groups in total. The predicted molar refractivity (Wildman–Crippen MR) is 98.6 cm³/mol. The number of nitrogens with zero attached hydrogens (tertiary/aromatic N) is 6. The maximum absolute atomic E-state index is 13.3. The molecule has 11 heteroatoms. The van der Waals surface area contributed by atoms with Gasteiger partial charge >= 0.3 is 0 Å². The van der Waals surface area contributed by atoms with Gasteiger partial charge in [0.2, 0.25) is 15.9 Å². The highest BCUT2D eigenvalue weighted by Crippen LogP contribution is 2.37. The summed E-state index contributed by atoms with van der Waals surface area (Å²) in [4.78, 5) is 5.22. The van der Waals surface area contributed by atoms with E-state index in [2.05, 4.69) is 20.3 Å². The fraction of sp³-hybridized carbons (Fsp3) is 0.500. The van der Waals surface area contributed by atoms with Gasteiger partial charge in [-0.15, -0.1) is 21.5 Å². The normalized spacial score (nSPS) is 18.9. The molecule has 27 heavy (non-hydrogen) atoms. The van der Waals surface area contributed by atoms with Crippen LogP contribution in [0.1, 0.15) is 42.6 Å². The van der Waals surface area contributed by atoms with Crippen molar-refractivity contribution in [3.63, 3.8) is 0 Å². The quantitative estimate of drug-likeness (QED) is 0.652. The Morgan fingerprint density at radius 1 is 1.26 bits per heavy atom. The second-order valence-corrected chi connectivity index (χ2v) is 9.27. The molecule has 0 aromatic carbocycles. The van der Waals surface area contributed by atoms with E-state index in [4.69, 9.17) is 4.42 Å². The average Bonchev–Trinajstić information content (AvgIpc) is 3.36. The van der Waals surface area contributed by atoms with Gasteiger partial charge in [-0.1, -0.05) is 6.42 Å². The molecule has 9 nitrogen and oxygen atoms in total. The summed E-state index contributed by atoms with van der Waals surface area (Å²) >= 11 is 1.42. The van der Waals surface area contributed by atoms with Crippen LogP contribution in [0.5, 0.6) is 0 Å². The molecular formula is C16H20N6O3S2. The van der Waals surface area contributed by atoms with Crippen molar-refractivity contribution in [1.82, 2.24) is 29.3 Å². The van der Waals surface area contributed by atoms with Gasteiger partial charge in [0.25, 0.3) is 5.89 Å². The van der Waals surface area contributed by atoms with Crippen molar-refractivity contribution in [2.75, 3.05) is 6.54 Å². The Kier molecular flexibility index (Phi) is 4.60. The van der Waals surface area contributed by atoms with Crippen LogP contribution in [0.15, 0.2) is 21.0 Å². The van der Waals surface area contributed by atoms with Crippen molar-refractivity contribution in [2.24, 2.45) is 7.05 Å². The molecule has 1 fully saturated rings. The van der Waals surface area contributed by atoms with E-state index in [1.165, 1.54) is 21.8 Å². The highest BCUT2D eigenvalue weighted by molar-refractivity contribution is 7.89. The number of hydrogen-bond donors (Lipinski definition) is 0. The second kappa shape index (κ2) is 6.80. The molecule has 0 aliphatic carbocycles. The number of aryl methyl sites for hydroxylation is 2. The summed E-state index contributed by atoms with van der Waals surface area (Å²) in [6.45, 7) is 4.03. The van der Waals surface area contributed by atoms with Gasteiger partial charge in [-0.25, -0.2) is 13.4 Å². The Balaban J connectivity index is 1.70. The van der Waals surface area contributed by atoms with Gasteiger partial charge in [-0.05, 0) is 26.7 Å². The Labute approximate surface area is 161 Å². The van der Waals surface area contributed by atoms with E-state index in [0.717, 1.165) is 23.4 Å². The molecule has 0 amide bonds. The molecule has 1 aliphatic rings. The summed E-state index contributed by atoms with van der Waals surface area (Å²) in [6, 6.07) is -0.474. The highest BCUT2D eigenvalue weighted by Gasteiger charge is 2.39. The molecule has 1 aliphatic heterocycles. The van der Waals surface area contributed by atoms with E-state index < -0.39 is 16.1 Å². The van der Waals surface area contributed by atoms with Crippen molar-refractivity contribution < 1.29 is 12.8 Å². The van der Waals surface area contributed by atoms with Crippen LogP contribution in [0.3, 0.4) is 0 Å². The molecular weight excluding hydrogens is 388 g/mol. The van der Waals surface area contributed by atoms with Crippen molar-refractivity contribution >= 4 is 21.4 Å². The van der Waals surface area contributed by atoms with Gasteiger partial charge in [0.05, 0.1) is 23.1 Å². The van der Waals surface area contributed by atoms with E-state index in [1.54, 1.807) is 24.2 Å². The Hall–Kier alpha value is -2.11. The maximum Gasteiger partial charge on any atom is 0.259 e. The van der Waals surface area contributed by atoms with Crippen LogP contribution < -0.4 is 0 Å². The predicted octanol–water partition coefficient (Wildman–Crippen LogP) is 2.46. The first-order valence-electron chi connectivity index (χ1n) is 8.64. The second-order valence-electron chi connectivity index (χ2n) is 6.56. The summed E-state index contributed by atoms with van der Waals surface area (Å²) in [7, 11) is -1.98. The summed E-state index contributed by atoms with van der Waals surface area (Å²) < 4.78 is 35.4. The van der Waals surface area contributed by atoms with Crippen LogP contribution in [0.4, 0.5) is 0 Å². The number of piperidine rings is 1. The molecule has 0 radical (unpaired) electrons. The van der Waals surface area contributed by atoms with Crippen LogP contribution in [-0.4, -0.2) is 44.2 Å². The first kappa shape index (κ1) is 18.3. The lowest BCUT2D eigenvalue weighted by Crippen LogP contribution is -2.38. The van der Waals surface area contributed by atoms with Crippen LogP contribution in [0.2, 0.25) is 0 Å². The van der Waals surface area contributed by atoms with E-state index in [-0.39, 0.29) is 4.90 Å². The van der Waals surface area contributed by atoms with E-state index >= 15 is 0 Å². The summed E-state index contributed by atoms with van der Waals surface area (Å²) in [5.41, 5.74) is 3.14. The van der Waals surface area contributed by atoms with Crippen molar-refractivity contribution in [2.45, 2.75) is 44.0 Å². The zero-order valence-corrected chi connectivity index (χ0v) is 16.9. The van der Waals surface area contributed by atoms with Crippen LogP contribution in [0, 0.1) is 13.8 Å². The molecule has 0 bridgehead atoms. The van der Waals surface area contributed by atoms with Gasteiger partial charge in [-0.2, -0.15) is 9.40 Å². The third kappa shape index (κ3) is 3.09. The monoisotopic (exact) mass is 408 g/mol. The molecule has 4 rings (SSSR count). The molecule has 3 aromatic heterocycles. The third-order valence-electron chi connectivity index (χ3n) is 4.90. The van der Waals surface area contributed by atoms with Crippen molar-refractivity contribution in [3.8, 4) is 10.8 Å². The third-order valence-corrected chi connectivity index (χ3v) is 7.82. The number of thiazole rings is 1. The number of hydrogen-bond acceptors (Lipinski definition) is 8. The first-order chi connectivity index (χ1) is 12.9. The summed E-state index contributed by atoms with van der Waals surface area (Å²) in [5.74, 6) is 0.702. The minimum Gasteiger partial charge on any atom is -0.418 e. The molecule has 3 aromatic rings. The first-order valence-corrected chi connectivity index (χ1v) is 11.0. The van der Waals surface area contributed by atoms with Crippen molar-refractivity contribution in [3.05, 3.63) is 29.0 Å². The fourth-order valence-corrected chi connectivity index (χ4v) is 5.83. The molecule has 0 saturated carbocycles. The van der Waals surface area contributed by atoms with Gasteiger partial charge in [0.15, 0.2) is 0 Å². The largest absolute Gasteiger partial charge is 0.418 e. The Bertz CT molecular complexity index is 1070. The number of sulfonamides is 1. The molecule has 1 atom stereocenters. The highest BCUT2D eigenvalue weighted by atomic mass is 32.2. The number of rotatable bonds is 4. The minimum atomic E-state index is -3.71. The Morgan fingerprint density at radius 2 is 2.07 bits per heavy atom. The zero-order chi connectivity index (χ0) is 19.2. The topological polar surface area (TPSA) is 107 Å². The van der Waals surface area contributed by atoms with Crippen LogP contribution >= 0.6 is 11.3 Å². The SMILES string of the molecule is Cc1ncsc1-c1nnc([C@@H]2CCCCN2S(=O)(=O)c2cnn(C)c2C)o1. The molecule has 0 spiro atoms. The smallest absolute Gasteiger partial charge is 0.259 e. The fourth-order valence-electron chi connectivity index (χ4n) is 3.27. The molecule has 0 unspecified atom stereocenters. The average molecular weight is 409 g/mol. The lowest BCUT2D eigenvalue weighted by atomic mass is 10.1. The Morgan fingerprint density at radius 3 is 2.74 bits per heavy atom. The van der Waals surface area contributed by atoms with E-state index in [1.807, 2.05) is 6.92 Å². The zero-order valence-electron chi connectivity index (χ0n) is 15.3. The lowest BCUT2D eigenvalue weighted by Gasteiger charge is -2.32.